The molecule has 0 amide bonds. The van der Waals surface area contributed by atoms with Crippen LogP contribution in [0.4, 0.5) is 5.69 Å². The standard InChI is InChI=1S/C14H13ClN2O3/c1-9-6-12(17(18)19)3-4-13(9)20-14-10(2)5-11(7-15)8-16-14/h3-6,8H,7H2,1-2H3. The van der Waals surface area contributed by atoms with E-state index in [1.165, 1.54) is 12.1 Å². The maximum absolute atomic E-state index is 10.7. The molecule has 0 aliphatic rings. The fourth-order valence-electron chi connectivity index (χ4n) is 1.77. The van der Waals surface area contributed by atoms with E-state index in [1.807, 2.05) is 13.0 Å². The van der Waals surface area contributed by atoms with Crippen molar-refractivity contribution in [3.05, 3.63) is 57.3 Å². The molecule has 6 heteroatoms. The van der Waals surface area contributed by atoms with Gasteiger partial charge in [0.2, 0.25) is 5.88 Å². The number of pyridine rings is 1. The van der Waals surface area contributed by atoms with Crippen LogP contribution in [0, 0.1) is 24.0 Å². The molecule has 0 saturated heterocycles. The van der Waals surface area contributed by atoms with Gasteiger partial charge < -0.3 is 4.74 Å². The van der Waals surface area contributed by atoms with Crippen molar-refractivity contribution in [2.45, 2.75) is 19.7 Å². The maximum Gasteiger partial charge on any atom is 0.269 e. The summed E-state index contributed by atoms with van der Waals surface area (Å²) in [7, 11) is 0. The number of benzene rings is 1. The normalized spacial score (nSPS) is 10.3. The Morgan fingerprint density at radius 2 is 2.05 bits per heavy atom. The topological polar surface area (TPSA) is 65.3 Å². The van der Waals surface area contributed by atoms with Gasteiger partial charge in [0.1, 0.15) is 5.75 Å². The molecule has 0 aliphatic heterocycles. The smallest absolute Gasteiger partial charge is 0.269 e. The number of nitrogens with zero attached hydrogens (tertiary/aromatic N) is 2. The van der Waals surface area contributed by atoms with E-state index >= 15 is 0 Å². The van der Waals surface area contributed by atoms with Crippen LogP contribution in [0.15, 0.2) is 30.5 Å². The lowest BCUT2D eigenvalue weighted by Gasteiger charge is -2.10. The van der Waals surface area contributed by atoms with Crippen molar-refractivity contribution < 1.29 is 9.66 Å². The van der Waals surface area contributed by atoms with E-state index in [2.05, 4.69) is 4.98 Å². The number of nitro benzene ring substituents is 1. The minimum absolute atomic E-state index is 0.0389. The molecule has 0 saturated carbocycles. The Bertz CT molecular complexity index is 659. The number of hydrogen-bond donors (Lipinski definition) is 0. The molecule has 0 unspecified atom stereocenters. The Morgan fingerprint density at radius 1 is 1.30 bits per heavy atom. The van der Waals surface area contributed by atoms with Gasteiger partial charge in [-0.2, -0.15) is 0 Å². The van der Waals surface area contributed by atoms with Crippen LogP contribution in [0.2, 0.25) is 0 Å². The zero-order valence-corrected chi connectivity index (χ0v) is 11.8. The lowest BCUT2D eigenvalue weighted by atomic mass is 10.2. The molecule has 1 aromatic heterocycles. The fraction of sp³-hybridized carbons (Fsp3) is 0.214. The van der Waals surface area contributed by atoms with Crippen molar-refractivity contribution in [1.29, 1.82) is 0 Å². The molecule has 0 spiro atoms. The van der Waals surface area contributed by atoms with E-state index in [9.17, 15) is 10.1 Å². The number of aryl methyl sites for hydroxylation is 2. The molecule has 1 heterocycles. The molecule has 5 nitrogen and oxygen atoms in total. The molecular formula is C14H13ClN2O3. The first-order chi connectivity index (χ1) is 9.51. The molecule has 0 atom stereocenters. The molecule has 2 aromatic rings. The lowest BCUT2D eigenvalue weighted by Crippen LogP contribution is -1.95. The summed E-state index contributed by atoms with van der Waals surface area (Å²) in [6.07, 6.45) is 1.65. The number of halogens is 1. The molecule has 0 bridgehead atoms. The monoisotopic (exact) mass is 292 g/mol. The third-order valence-electron chi connectivity index (χ3n) is 2.82. The fourth-order valence-corrected chi connectivity index (χ4v) is 1.91. The van der Waals surface area contributed by atoms with E-state index in [0.29, 0.717) is 23.1 Å². The lowest BCUT2D eigenvalue weighted by molar-refractivity contribution is -0.384. The van der Waals surface area contributed by atoms with Crippen LogP contribution in [0.5, 0.6) is 11.6 Å². The second-order valence-corrected chi connectivity index (χ2v) is 4.68. The molecule has 0 fully saturated rings. The van der Waals surface area contributed by atoms with Gasteiger partial charge in [-0.05, 0) is 37.1 Å². The Kier molecular flexibility index (Phi) is 4.20. The van der Waals surface area contributed by atoms with Gasteiger partial charge in [0.25, 0.3) is 5.69 Å². The Balaban J connectivity index is 2.28. The molecular weight excluding hydrogens is 280 g/mol. The molecule has 2 rings (SSSR count). The van der Waals surface area contributed by atoms with E-state index < -0.39 is 4.92 Å². The van der Waals surface area contributed by atoms with Crippen molar-refractivity contribution in [1.82, 2.24) is 4.98 Å². The summed E-state index contributed by atoms with van der Waals surface area (Å²) < 4.78 is 5.70. The zero-order chi connectivity index (χ0) is 14.7. The minimum Gasteiger partial charge on any atom is -0.438 e. The summed E-state index contributed by atoms with van der Waals surface area (Å²) in [5.74, 6) is 1.41. The average Bonchev–Trinajstić information content (AvgIpc) is 2.42. The number of hydrogen-bond acceptors (Lipinski definition) is 4. The summed E-state index contributed by atoms with van der Waals surface area (Å²) in [5.41, 5.74) is 2.50. The molecule has 1 aromatic carbocycles. The SMILES string of the molecule is Cc1cc([N+](=O)[O-])ccc1Oc1ncc(CCl)cc1C. The summed E-state index contributed by atoms with van der Waals surface area (Å²) in [6, 6.07) is 6.35. The third kappa shape index (κ3) is 3.05. The van der Waals surface area contributed by atoms with E-state index in [-0.39, 0.29) is 5.69 Å². The molecule has 0 aliphatic carbocycles. The van der Waals surface area contributed by atoms with Gasteiger partial charge >= 0.3 is 0 Å². The number of rotatable bonds is 4. The van der Waals surface area contributed by atoms with E-state index in [0.717, 1.165) is 11.1 Å². The predicted molar refractivity (Wildman–Crippen MR) is 76.4 cm³/mol. The molecule has 0 radical (unpaired) electrons. The third-order valence-corrected chi connectivity index (χ3v) is 3.13. The van der Waals surface area contributed by atoms with Gasteiger partial charge in [-0.3, -0.25) is 10.1 Å². The van der Waals surface area contributed by atoms with Crippen molar-refractivity contribution in [3.63, 3.8) is 0 Å². The van der Waals surface area contributed by atoms with Gasteiger partial charge in [-0.15, -0.1) is 11.6 Å². The number of non-ortho nitro benzene ring substituents is 1. The highest BCUT2D eigenvalue weighted by Crippen LogP contribution is 2.29. The number of alkyl halides is 1. The first-order valence-corrected chi connectivity index (χ1v) is 6.49. The highest BCUT2D eigenvalue weighted by molar-refractivity contribution is 6.17. The maximum atomic E-state index is 10.7. The van der Waals surface area contributed by atoms with Crippen molar-refractivity contribution in [3.8, 4) is 11.6 Å². The number of aromatic nitrogens is 1. The highest BCUT2D eigenvalue weighted by atomic mass is 35.5. The van der Waals surface area contributed by atoms with Gasteiger partial charge in [0, 0.05) is 29.8 Å². The van der Waals surface area contributed by atoms with Crippen LogP contribution in [0.25, 0.3) is 0 Å². The van der Waals surface area contributed by atoms with Crippen LogP contribution in [0.3, 0.4) is 0 Å². The van der Waals surface area contributed by atoms with Crippen LogP contribution in [0.1, 0.15) is 16.7 Å². The largest absolute Gasteiger partial charge is 0.438 e. The summed E-state index contributed by atoms with van der Waals surface area (Å²) in [6.45, 7) is 3.63. The highest BCUT2D eigenvalue weighted by Gasteiger charge is 2.11. The number of nitro groups is 1. The van der Waals surface area contributed by atoms with Crippen LogP contribution in [-0.2, 0) is 5.88 Å². The second-order valence-electron chi connectivity index (χ2n) is 4.41. The first-order valence-electron chi connectivity index (χ1n) is 5.95. The van der Waals surface area contributed by atoms with Crippen LogP contribution >= 0.6 is 11.6 Å². The van der Waals surface area contributed by atoms with Gasteiger partial charge in [-0.25, -0.2) is 4.98 Å². The van der Waals surface area contributed by atoms with Crippen LogP contribution < -0.4 is 4.74 Å². The second kappa shape index (κ2) is 5.88. The van der Waals surface area contributed by atoms with Crippen LogP contribution in [-0.4, -0.2) is 9.91 Å². The zero-order valence-electron chi connectivity index (χ0n) is 11.1. The Labute approximate surface area is 121 Å². The molecule has 0 N–H and O–H groups in total. The molecule has 20 heavy (non-hydrogen) atoms. The summed E-state index contributed by atoms with van der Waals surface area (Å²) in [5, 5.41) is 10.7. The Hall–Kier alpha value is -2.14. The van der Waals surface area contributed by atoms with E-state index in [1.54, 1.807) is 19.2 Å². The average molecular weight is 293 g/mol. The van der Waals surface area contributed by atoms with Gasteiger partial charge in [0.15, 0.2) is 0 Å². The number of ether oxygens (including phenoxy) is 1. The first kappa shape index (κ1) is 14.3. The van der Waals surface area contributed by atoms with Crippen molar-refractivity contribution in [2.75, 3.05) is 0 Å². The summed E-state index contributed by atoms with van der Waals surface area (Å²) >= 11 is 5.74. The van der Waals surface area contributed by atoms with E-state index in [4.69, 9.17) is 16.3 Å². The predicted octanol–water partition coefficient (Wildman–Crippen LogP) is 4.14. The molecule has 104 valence electrons. The Morgan fingerprint density at radius 3 is 2.60 bits per heavy atom. The van der Waals surface area contributed by atoms with Crippen molar-refractivity contribution >= 4 is 17.3 Å². The minimum atomic E-state index is -0.435. The van der Waals surface area contributed by atoms with Crippen molar-refractivity contribution in [2.24, 2.45) is 0 Å². The quantitative estimate of drug-likeness (QED) is 0.482. The van der Waals surface area contributed by atoms with Gasteiger partial charge in [-0.1, -0.05) is 0 Å². The van der Waals surface area contributed by atoms with Gasteiger partial charge in [0.05, 0.1) is 4.92 Å². The summed E-state index contributed by atoms with van der Waals surface area (Å²) in [4.78, 5) is 14.5.